The van der Waals surface area contributed by atoms with E-state index in [-0.39, 0.29) is 16.8 Å². The van der Waals surface area contributed by atoms with Crippen LogP contribution in [0.15, 0.2) is 60.9 Å². The van der Waals surface area contributed by atoms with E-state index in [1.165, 1.54) is 12.1 Å². The maximum atomic E-state index is 14.3. The number of halogens is 3. The molecule has 2 N–H and O–H groups in total. The molecule has 0 aliphatic carbocycles. The summed E-state index contributed by atoms with van der Waals surface area (Å²) in [5, 5.41) is 24.0. The zero-order valence-corrected chi connectivity index (χ0v) is 29.5. The highest BCUT2D eigenvalue weighted by molar-refractivity contribution is 7.18. The molecule has 0 fully saturated rings. The van der Waals surface area contributed by atoms with Crippen LogP contribution >= 0.6 is 11.3 Å². The van der Waals surface area contributed by atoms with E-state index in [4.69, 9.17) is 4.43 Å². The fourth-order valence-electron chi connectivity index (χ4n) is 4.89. The van der Waals surface area contributed by atoms with Crippen molar-refractivity contribution in [1.82, 2.24) is 20.1 Å². The Balaban J connectivity index is 1.77. The molecule has 14 heteroatoms. The van der Waals surface area contributed by atoms with E-state index < -0.39 is 49.6 Å². The first-order valence-corrected chi connectivity index (χ1v) is 18.7. The van der Waals surface area contributed by atoms with Crippen molar-refractivity contribution >= 4 is 47.6 Å². The zero-order chi connectivity index (χ0) is 34.9. The van der Waals surface area contributed by atoms with Gasteiger partial charge in [-0.3, -0.25) is 20.0 Å². The van der Waals surface area contributed by atoms with Crippen LogP contribution in [0, 0.1) is 0 Å². The molecule has 9 nitrogen and oxygen atoms in total. The molecule has 0 aliphatic heterocycles. The van der Waals surface area contributed by atoms with Gasteiger partial charge in [0.1, 0.15) is 11.0 Å². The summed E-state index contributed by atoms with van der Waals surface area (Å²) in [6.45, 7) is 15.0. The molecule has 252 valence electrons. The van der Waals surface area contributed by atoms with Gasteiger partial charge >= 0.3 is 12.3 Å². The van der Waals surface area contributed by atoms with Crippen molar-refractivity contribution in [2.75, 3.05) is 11.9 Å². The Labute approximate surface area is 277 Å². The van der Waals surface area contributed by atoms with Gasteiger partial charge in [-0.25, -0.2) is 4.79 Å². The van der Waals surface area contributed by atoms with Gasteiger partial charge < -0.3 is 9.53 Å². The van der Waals surface area contributed by atoms with Crippen LogP contribution in [0.2, 0.25) is 18.1 Å². The summed E-state index contributed by atoms with van der Waals surface area (Å²) >= 11 is 1.12. The van der Waals surface area contributed by atoms with Gasteiger partial charge in [-0.2, -0.15) is 13.2 Å². The highest BCUT2D eigenvalue weighted by Gasteiger charge is 2.45. The Morgan fingerprint density at radius 1 is 0.979 bits per heavy atom. The van der Waals surface area contributed by atoms with Crippen LogP contribution in [0.4, 0.5) is 23.1 Å². The summed E-state index contributed by atoms with van der Waals surface area (Å²) in [4.78, 5) is 32.3. The van der Waals surface area contributed by atoms with Crippen LogP contribution in [-0.2, 0) is 15.4 Å². The zero-order valence-electron chi connectivity index (χ0n) is 27.6. The molecule has 0 radical (unpaired) electrons. The van der Waals surface area contributed by atoms with Crippen molar-refractivity contribution in [3.8, 4) is 10.6 Å². The Kier molecular flexibility index (Phi) is 10.2. The minimum Gasteiger partial charge on any atom is -0.465 e. The number of carboxylic acid groups (broad SMARTS) is 1. The van der Waals surface area contributed by atoms with E-state index in [0.29, 0.717) is 10.6 Å². The van der Waals surface area contributed by atoms with Crippen molar-refractivity contribution in [2.24, 2.45) is 0 Å². The number of aromatic nitrogens is 3. The third kappa shape index (κ3) is 8.35. The maximum Gasteiger partial charge on any atom is 0.416 e. The van der Waals surface area contributed by atoms with Gasteiger partial charge in [0.05, 0.1) is 5.56 Å². The van der Waals surface area contributed by atoms with Crippen LogP contribution in [0.5, 0.6) is 0 Å². The first kappa shape index (κ1) is 36.0. The molecule has 0 spiro atoms. The molecule has 0 unspecified atom stereocenters. The Morgan fingerprint density at radius 2 is 1.64 bits per heavy atom. The monoisotopic (exact) mass is 687 g/mol. The number of nitrogens with one attached hydrogen (secondary N) is 1. The molecule has 0 aliphatic rings. The average Bonchev–Trinajstić information content (AvgIpc) is 3.43. The molecule has 4 aromatic rings. The Hall–Kier alpha value is -3.88. The minimum atomic E-state index is -4.57. The molecular weight excluding hydrogens is 648 g/mol. The lowest BCUT2D eigenvalue weighted by atomic mass is 9.87. The molecule has 47 heavy (non-hydrogen) atoms. The maximum absolute atomic E-state index is 14.3. The van der Waals surface area contributed by atoms with Gasteiger partial charge in [0.2, 0.25) is 11.0 Å². The number of carbonyl (C=O) groups is 2. The highest BCUT2D eigenvalue weighted by atomic mass is 32.1. The van der Waals surface area contributed by atoms with Gasteiger partial charge in [-0.15, -0.1) is 10.2 Å². The third-order valence-electron chi connectivity index (χ3n) is 8.50. The quantitative estimate of drug-likeness (QED) is 0.169. The van der Waals surface area contributed by atoms with Crippen LogP contribution in [0.25, 0.3) is 21.3 Å². The summed E-state index contributed by atoms with van der Waals surface area (Å²) in [7, 11) is -2.46. The number of nitrogens with zero attached hydrogens (tertiary/aromatic N) is 4. The number of hydrogen-bond donors (Lipinski definition) is 2. The molecule has 2 amide bonds. The minimum absolute atomic E-state index is 0.104. The predicted molar refractivity (Wildman–Crippen MR) is 180 cm³/mol. The summed E-state index contributed by atoms with van der Waals surface area (Å²) in [6, 6.07) is 10.6. The highest BCUT2D eigenvalue weighted by Crippen LogP contribution is 2.40. The molecular formula is C33H40F3N5O4SSi. The van der Waals surface area contributed by atoms with E-state index in [1.54, 1.807) is 33.2 Å². The molecule has 4 rings (SSSR count). The Bertz CT molecular complexity index is 1730. The lowest BCUT2D eigenvalue weighted by molar-refractivity contribution is -0.137. The number of hydrogen-bond acceptors (Lipinski definition) is 7. The summed E-state index contributed by atoms with van der Waals surface area (Å²) in [5.74, 6) is -1.68. The summed E-state index contributed by atoms with van der Waals surface area (Å²) < 4.78 is 47.0. The largest absolute Gasteiger partial charge is 0.465 e. The molecule has 0 saturated heterocycles. The summed E-state index contributed by atoms with van der Waals surface area (Å²) in [5.41, 5.74) is -0.841. The topological polar surface area (TPSA) is 118 Å². The first-order valence-electron chi connectivity index (χ1n) is 15.0. The molecule has 2 heterocycles. The number of amides is 2. The number of anilines is 1. The smallest absolute Gasteiger partial charge is 0.416 e. The Morgan fingerprint density at radius 3 is 2.21 bits per heavy atom. The van der Waals surface area contributed by atoms with E-state index >= 15 is 0 Å². The molecule has 2 aromatic heterocycles. The summed E-state index contributed by atoms with van der Waals surface area (Å²) in [6.07, 6.45) is -2.51. The van der Waals surface area contributed by atoms with Crippen LogP contribution in [0.1, 0.15) is 58.6 Å². The molecule has 0 saturated carbocycles. The number of carbonyl (C=O) groups excluding carboxylic acids is 1. The van der Waals surface area contributed by atoms with Gasteiger partial charge in [-0.1, -0.05) is 56.4 Å². The van der Waals surface area contributed by atoms with Crippen LogP contribution < -0.4 is 5.32 Å². The average molecular weight is 688 g/mol. The second-order valence-electron chi connectivity index (χ2n) is 13.9. The lowest BCUT2D eigenvalue weighted by Crippen LogP contribution is -2.58. The predicted octanol–water partition coefficient (Wildman–Crippen LogP) is 8.66. The number of pyridine rings is 1. The van der Waals surface area contributed by atoms with Crippen molar-refractivity contribution < 1.29 is 32.3 Å². The van der Waals surface area contributed by atoms with Gasteiger partial charge in [0, 0.05) is 41.4 Å². The number of benzene rings is 2. The molecule has 2 atom stereocenters. The number of alkyl halides is 3. The number of fused-ring (bicyclic) bond motifs is 1. The van der Waals surface area contributed by atoms with Crippen molar-refractivity contribution in [3.05, 3.63) is 72.1 Å². The van der Waals surface area contributed by atoms with E-state index in [2.05, 4.69) is 20.5 Å². The van der Waals surface area contributed by atoms with E-state index in [0.717, 1.165) is 44.7 Å². The molecule has 2 aromatic carbocycles. The number of rotatable bonds is 9. The van der Waals surface area contributed by atoms with E-state index in [1.807, 2.05) is 58.1 Å². The third-order valence-corrected chi connectivity index (χ3v) is 13.9. The second-order valence-corrected chi connectivity index (χ2v) is 19.7. The van der Waals surface area contributed by atoms with Crippen molar-refractivity contribution in [1.29, 1.82) is 0 Å². The fourth-order valence-corrected chi connectivity index (χ4v) is 6.66. The fraction of sp³-hybridized carbons (Fsp3) is 0.424. The van der Waals surface area contributed by atoms with Gasteiger partial charge in [-0.05, 0) is 74.1 Å². The van der Waals surface area contributed by atoms with E-state index in [9.17, 15) is 27.9 Å². The van der Waals surface area contributed by atoms with Gasteiger partial charge in [0.25, 0.3) is 0 Å². The molecule has 0 bridgehead atoms. The van der Waals surface area contributed by atoms with Crippen LogP contribution in [-0.4, -0.2) is 63.7 Å². The van der Waals surface area contributed by atoms with Gasteiger partial charge in [0.15, 0.2) is 8.32 Å². The first-order chi connectivity index (χ1) is 21.7. The lowest BCUT2D eigenvalue weighted by Gasteiger charge is -2.43. The van der Waals surface area contributed by atoms with Crippen LogP contribution in [0.3, 0.4) is 0 Å². The second kappa shape index (κ2) is 13.3. The standard InChI is InChI=1S/C33H40F3N5O4SSi/c1-31(2,3)41(30(43)44)26(25(19-45-47(7,8)32(4,5)6)20-11-13-24(14-12-20)33(34,35)36)27(42)38-29-40-39-28(46-29)22-9-10-23-18-37-16-15-21(23)17-22/h9-18,25-26H,19H2,1-8H3,(H,43,44)(H,38,40,42)/t25-,26-/m0/s1. The normalized spacial score (nSPS) is 14.1. The SMILES string of the molecule is CC(C)(C)N(C(=O)O)[C@H](C(=O)Nc1nnc(-c2ccc3cnccc3c2)s1)[C@@H](CO[Si](C)(C)C(C)(C)C)c1ccc(C(F)(F)F)cc1. The van der Waals surface area contributed by atoms with Crippen molar-refractivity contribution in [3.63, 3.8) is 0 Å². The van der Waals surface area contributed by atoms with Crippen molar-refractivity contribution in [2.45, 2.75) is 83.3 Å².